The van der Waals surface area contributed by atoms with E-state index >= 15 is 0 Å². The van der Waals surface area contributed by atoms with Crippen molar-refractivity contribution in [1.29, 1.82) is 0 Å². The molecule has 0 spiro atoms. The molecule has 2 aromatic rings. The first-order chi connectivity index (χ1) is 10.3. The van der Waals surface area contributed by atoms with Crippen LogP contribution in [0, 0.1) is 16.7 Å². The maximum absolute atomic E-state index is 11.8. The van der Waals surface area contributed by atoms with Crippen LogP contribution in [-0.4, -0.2) is 36.7 Å². The Labute approximate surface area is 127 Å². The van der Waals surface area contributed by atoms with Crippen molar-refractivity contribution in [3.8, 4) is 0 Å². The monoisotopic (exact) mass is 306 g/mol. The first-order valence-electron chi connectivity index (χ1n) is 7.48. The Balaban J connectivity index is 1.96. The highest BCUT2D eigenvalue weighted by Crippen LogP contribution is 2.56. The van der Waals surface area contributed by atoms with Gasteiger partial charge in [-0.2, -0.15) is 4.98 Å². The summed E-state index contributed by atoms with van der Waals surface area (Å²) < 4.78 is 1.65. The average Bonchev–Trinajstić information content (AvgIpc) is 2.94. The normalized spacial score (nSPS) is 27.5. The molecular formula is C14H22N6O2. The Morgan fingerprint density at radius 3 is 2.82 bits per heavy atom. The van der Waals surface area contributed by atoms with Gasteiger partial charge in [-0.15, -0.1) is 5.10 Å². The van der Waals surface area contributed by atoms with Crippen LogP contribution in [0.15, 0.2) is 4.79 Å². The van der Waals surface area contributed by atoms with E-state index in [2.05, 4.69) is 41.1 Å². The molecule has 1 aliphatic rings. The predicted molar refractivity (Wildman–Crippen MR) is 82.1 cm³/mol. The highest BCUT2D eigenvalue weighted by atomic mass is 16.3. The molecule has 1 aliphatic carbocycles. The number of anilines is 1. The zero-order valence-corrected chi connectivity index (χ0v) is 13.1. The number of rotatable bonds is 3. The molecule has 0 saturated heterocycles. The second-order valence-electron chi connectivity index (χ2n) is 7.07. The number of aliphatic hydroxyl groups is 1. The van der Waals surface area contributed by atoms with Crippen LogP contribution in [0.3, 0.4) is 0 Å². The van der Waals surface area contributed by atoms with E-state index in [1.54, 1.807) is 4.68 Å². The first kappa shape index (κ1) is 15.0. The average molecular weight is 306 g/mol. The molecule has 2 unspecified atom stereocenters. The van der Waals surface area contributed by atoms with Gasteiger partial charge >= 0.3 is 0 Å². The standard InChI is InChI=1S/C14H22N6O2/c1-13(2)8(4-5-14(13,3)7-21)6-20-10-9(18-19-20)11(22)17-12(15)16-10/h8,21H,4-7H2,1-3H3,(H3,15,16,17,22). The van der Waals surface area contributed by atoms with Gasteiger partial charge in [-0.25, -0.2) is 4.68 Å². The van der Waals surface area contributed by atoms with Crippen LogP contribution >= 0.6 is 0 Å². The molecule has 120 valence electrons. The Hall–Kier alpha value is -1.96. The molecule has 0 amide bonds. The quantitative estimate of drug-likeness (QED) is 0.760. The summed E-state index contributed by atoms with van der Waals surface area (Å²) in [5.41, 5.74) is 5.69. The number of nitrogen functional groups attached to an aromatic ring is 1. The van der Waals surface area contributed by atoms with Crippen molar-refractivity contribution in [2.45, 2.75) is 40.2 Å². The summed E-state index contributed by atoms with van der Waals surface area (Å²) in [5.74, 6) is 0.379. The number of nitrogens with two attached hydrogens (primary N) is 1. The van der Waals surface area contributed by atoms with Gasteiger partial charge in [-0.1, -0.05) is 26.0 Å². The highest BCUT2D eigenvalue weighted by Gasteiger charge is 2.51. The van der Waals surface area contributed by atoms with E-state index in [0.29, 0.717) is 18.1 Å². The molecule has 0 radical (unpaired) electrons. The van der Waals surface area contributed by atoms with Crippen molar-refractivity contribution in [1.82, 2.24) is 25.0 Å². The number of aromatic amines is 1. The summed E-state index contributed by atoms with van der Waals surface area (Å²) in [6.45, 7) is 7.24. The second kappa shape index (κ2) is 4.77. The number of hydrogen-bond donors (Lipinski definition) is 3. The summed E-state index contributed by atoms with van der Waals surface area (Å²) in [5, 5.41) is 17.7. The minimum absolute atomic E-state index is 0.0488. The number of aliphatic hydroxyl groups excluding tert-OH is 1. The lowest BCUT2D eigenvalue weighted by Crippen LogP contribution is -2.38. The minimum Gasteiger partial charge on any atom is -0.396 e. The number of nitrogens with zero attached hydrogens (tertiary/aromatic N) is 4. The Morgan fingerprint density at radius 1 is 1.45 bits per heavy atom. The molecule has 8 heteroatoms. The van der Waals surface area contributed by atoms with Crippen LogP contribution < -0.4 is 11.3 Å². The number of fused-ring (bicyclic) bond motifs is 1. The Kier molecular flexibility index (Phi) is 3.24. The van der Waals surface area contributed by atoms with Crippen LogP contribution in [0.4, 0.5) is 5.95 Å². The molecule has 2 aromatic heterocycles. The highest BCUT2D eigenvalue weighted by molar-refractivity contribution is 5.69. The van der Waals surface area contributed by atoms with Crippen molar-refractivity contribution >= 4 is 17.1 Å². The third-order valence-electron chi connectivity index (χ3n) is 5.76. The van der Waals surface area contributed by atoms with Gasteiger partial charge in [0, 0.05) is 13.2 Å². The summed E-state index contributed by atoms with van der Waals surface area (Å²) >= 11 is 0. The summed E-state index contributed by atoms with van der Waals surface area (Å²) in [6, 6.07) is 0. The Morgan fingerprint density at radius 2 is 2.18 bits per heavy atom. The predicted octanol–water partition coefficient (Wildman–Crippen LogP) is 0.532. The van der Waals surface area contributed by atoms with Crippen molar-refractivity contribution in [2.75, 3.05) is 12.3 Å². The fraction of sp³-hybridized carbons (Fsp3) is 0.714. The lowest BCUT2D eigenvalue weighted by atomic mass is 9.66. The van der Waals surface area contributed by atoms with E-state index in [9.17, 15) is 9.90 Å². The third-order valence-corrected chi connectivity index (χ3v) is 5.76. The first-order valence-corrected chi connectivity index (χ1v) is 7.48. The zero-order chi connectivity index (χ0) is 16.1. The van der Waals surface area contributed by atoms with Gasteiger partial charge in [-0.05, 0) is 29.6 Å². The van der Waals surface area contributed by atoms with E-state index in [1.165, 1.54) is 0 Å². The third kappa shape index (κ3) is 2.01. The van der Waals surface area contributed by atoms with Crippen LogP contribution in [0.5, 0.6) is 0 Å². The van der Waals surface area contributed by atoms with Gasteiger partial charge in [0.05, 0.1) is 0 Å². The lowest BCUT2D eigenvalue weighted by Gasteiger charge is -2.40. The molecule has 1 saturated carbocycles. The van der Waals surface area contributed by atoms with Gasteiger partial charge in [0.25, 0.3) is 5.56 Å². The fourth-order valence-corrected chi connectivity index (χ4v) is 3.49. The van der Waals surface area contributed by atoms with Gasteiger partial charge in [0.15, 0.2) is 11.2 Å². The van der Waals surface area contributed by atoms with E-state index in [4.69, 9.17) is 5.73 Å². The maximum Gasteiger partial charge on any atom is 0.282 e. The molecule has 1 fully saturated rings. The van der Waals surface area contributed by atoms with Crippen molar-refractivity contribution in [3.05, 3.63) is 10.4 Å². The van der Waals surface area contributed by atoms with Crippen molar-refractivity contribution in [2.24, 2.45) is 16.7 Å². The van der Waals surface area contributed by atoms with Gasteiger partial charge < -0.3 is 10.8 Å². The molecule has 0 aliphatic heterocycles. The van der Waals surface area contributed by atoms with Crippen molar-refractivity contribution < 1.29 is 5.11 Å². The number of hydrogen-bond acceptors (Lipinski definition) is 6. The molecule has 2 atom stereocenters. The van der Waals surface area contributed by atoms with E-state index in [1.807, 2.05) is 0 Å². The van der Waals surface area contributed by atoms with E-state index in [-0.39, 0.29) is 34.5 Å². The fourth-order valence-electron chi connectivity index (χ4n) is 3.49. The maximum atomic E-state index is 11.8. The second-order valence-corrected chi connectivity index (χ2v) is 7.07. The molecule has 8 nitrogen and oxygen atoms in total. The van der Waals surface area contributed by atoms with Gasteiger partial charge in [0.2, 0.25) is 5.95 Å². The van der Waals surface area contributed by atoms with Crippen LogP contribution in [0.2, 0.25) is 0 Å². The molecule has 22 heavy (non-hydrogen) atoms. The molecule has 0 bridgehead atoms. The van der Waals surface area contributed by atoms with Crippen LogP contribution in [0.25, 0.3) is 11.2 Å². The number of nitrogens with one attached hydrogen (secondary N) is 1. The Bertz CT molecular complexity index is 764. The lowest BCUT2D eigenvalue weighted by molar-refractivity contribution is 0.0209. The zero-order valence-electron chi connectivity index (χ0n) is 13.1. The van der Waals surface area contributed by atoms with Crippen molar-refractivity contribution in [3.63, 3.8) is 0 Å². The van der Waals surface area contributed by atoms with Gasteiger partial charge in [0.1, 0.15) is 0 Å². The van der Waals surface area contributed by atoms with E-state index < -0.39 is 0 Å². The van der Waals surface area contributed by atoms with Gasteiger partial charge in [-0.3, -0.25) is 9.78 Å². The molecule has 0 aromatic carbocycles. The summed E-state index contributed by atoms with van der Waals surface area (Å²) in [7, 11) is 0. The number of H-pyrrole nitrogens is 1. The summed E-state index contributed by atoms with van der Waals surface area (Å²) in [4.78, 5) is 18.4. The molecule has 3 rings (SSSR count). The smallest absolute Gasteiger partial charge is 0.282 e. The molecular weight excluding hydrogens is 284 g/mol. The number of aromatic nitrogens is 5. The minimum atomic E-state index is -0.375. The van der Waals surface area contributed by atoms with Crippen LogP contribution in [-0.2, 0) is 6.54 Å². The summed E-state index contributed by atoms with van der Waals surface area (Å²) in [6.07, 6.45) is 1.95. The largest absolute Gasteiger partial charge is 0.396 e. The SMILES string of the molecule is CC1(CO)CCC(Cn2nnc3c(=O)[nH]c(N)nc32)C1(C)C. The molecule has 4 N–H and O–H groups in total. The topological polar surface area (TPSA) is 123 Å². The van der Waals surface area contributed by atoms with Crippen LogP contribution in [0.1, 0.15) is 33.6 Å². The van der Waals surface area contributed by atoms with E-state index in [0.717, 1.165) is 12.8 Å². The molecule has 2 heterocycles.